The van der Waals surface area contributed by atoms with Crippen molar-refractivity contribution < 1.29 is 14.3 Å². The minimum absolute atomic E-state index is 0. The van der Waals surface area contributed by atoms with Crippen LogP contribution < -0.4 is 15.4 Å². The fraction of sp³-hybridized carbons (Fsp3) is 0.533. The van der Waals surface area contributed by atoms with Gasteiger partial charge in [0.15, 0.2) is 0 Å². The molecule has 0 aliphatic carbocycles. The van der Waals surface area contributed by atoms with Crippen LogP contribution in [0.2, 0.25) is 0 Å². The van der Waals surface area contributed by atoms with Crippen LogP contribution in [0.3, 0.4) is 0 Å². The number of halogens is 1. The molecule has 21 heavy (non-hydrogen) atoms. The van der Waals surface area contributed by atoms with Gasteiger partial charge in [-0.25, -0.2) is 0 Å². The normalized spacial score (nSPS) is 17.7. The van der Waals surface area contributed by atoms with Crippen molar-refractivity contribution >= 4 is 24.0 Å². The van der Waals surface area contributed by atoms with Gasteiger partial charge in [0.25, 0.3) is 0 Å². The summed E-state index contributed by atoms with van der Waals surface area (Å²) in [6, 6.07) is 7.42. The topological polar surface area (TPSA) is 59.6 Å². The van der Waals surface area contributed by atoms with Gasteiger partial charge in [0.1, 0.15) is 12.4 Å². The summed E-state index contributed by atoms with van der Waals surface area (Å²) in [5.41, 5.74) is 0.805. The van der Waals surface area contributed by atoms with Crippen LogP contribution in [0.25, 0.3) is 0 Å². The molecule has 0 unspecified atom stereocenters. The van der Waals surface area contributed by atoms with Crippen molar-refractivity contribution in [3.63, 3.8) is 0 Å². The number of anilines is 1. The number of piperidine rings is 1. The average molecular weight is 315 g/mol. The Kier molecular flexibility index (Phi) is 8.12. The Hall–Kier alpha value is -1.30. The van der Waals surface area contributed by atoms with Crippen LogP contribution >= 0.6 is 12.4 Å². The van der Waals surface area contributed by atoms with Gasteiger partial charge in [-0.2, -0.15) is 0 Å². The van der Waals surface area contributed by atoms with Crippen LogP contribution in [0, 0.1) is 5.92 Å². The largest absolute Gasteiger partial charge is 0.491 e. The van der Waals surface area contributed by atoms with Crippen LogP contribution in [-0.2, 0) is 9.53 Å². The first-order chi connectivity index (χ1) is 9.79. The second-order valence-corrected chi connectivity index (χ2v) is 4.90. The molecule has 1 heterocycles. The van der Waals surface area contributed by atoms with E-state index in [1.165, 1.54) is 0 Å². The predicted octanol–water partition coefficient (Wildman–Crippen LogP) is 2.07. The molecular weight excluding hydrogens is 292 g/mol. The van der Waals surface area contributed by atoms with Crippen molar-refractivity contribution in [1.29, 1.82) is 0 Å². The third-order valence-corrected chi connectivity index (χ3v) is 3.35. The van der Waals surface area contributed by atoms with Gasteiger partial charge in [-0.1, -0.05) is 0 Å². The standard InChI is InChI=1S/C15H22N2O3.ClH/c1-19-9-10-20-14-6-4-13(5-7-14)17-15(18)12-3-2-8-16-11-12;/h4-7,12,16H,2-3,8-11H2,1H3,(H,17,18);1H/t12-;/m1./s1. The molecule has 2 rings (SSSR count). The summed E-state index contributed by atoms with van der Waals surface area (Å²) in [6.45, 7) is 2.87. The van der Waals surface area contributed by atoms with Gasteiger partial charge in [0.05, 0.1) is 12.5 Å². The number of carbonyl (C=O) groups excluding carboxylic acids is 1. The summed E-state index contributed by atoms with van der Waals surface area (Å²) in [4.78, 5) is 12.1. The molecule has 2 N–H and O–H groups in total. The number of rotatable bonds is 6. The number of nitrogens with one attached hydrogen (secondary N) is 2. The van der Waals surface area contributed by atoms with Crippen molar-refractivity contribution in [2.45, 2.75) is 12.8 Å². The molecule has 1 amide bonds. The lowest BCUT2D eigenvalue weighted by Gasteiger charge is -2.21. The molecule has 1 fully saturated rings. The van der Waals surface area contributed by atoms with E-state index in [0.29, 0.717) is 13.2 Å². The fourth-order valence-electron chi connectivity index (χ4n) is 2.20. The highest BCUT2D eigenvalue weighted by atomic mass is 35.5. The molecule has 0 spiro atoms. The van der Waals surface area contributed by atoms with Gasteiger partial charge < -0.3 is 20.1 Å². The van der Waals surface area contributed by atoms with Gasteiger partial charge in [-0.05, 0) is 43.7 Å². The number of benzene rings is 1. The Morgan fingerprint density at radius 2 is 2.10 bits per heavy atom. The van der Waals surface area contributed by atoms with Crippen molar-refractivity contribution in [3.05, 3.63) is 24.3 Å². The van der Waals surface area contributed by atoms with E-state index in [4.69, 9.17) is 9.47 Å². The van der Waals surface area contributed by atoms with Gasteiger partial charge >= 0.3 is 0 Å². The fourth-order valence-corrected chi connectivity index (χ4v) is 2.20. The number of methoxy groups -OCH3 is 1. The number of ether oxygens (including phenoxy) is 2. The van der Waals surface area contributed by atoms with Crippen molar-refractivity contribution in [2.24, 2.45) is 5.92 Å². The number of amides is 1. The van der Waals surface area contributed by atoms with E-state index in [-0.39, 0.29) is 24.2 Å². The maximum Gasteiger partial charge on any atom is 0.228 e. The molecule has 0 aromatic heterocycles. The smallest absolute Gasteiger partial charge is 0.228 e. The first kappa shape index (κ1) is 17.8. The molecule has 0 saturated carbocycles. The first-order valence-electron chi connectivity index (χ1n) is 7.03. The van der Waals surface area contributed by atoms with E-state index < -0.39 is 0 Å². The monoisotopic (exact) mass is 314 g/mol. The minimum Gasteiger partial charge on any atom is -0.491 e. The van der Waals surface area contributed by atoms with E-state index in [1.54, 1.807) is 7.11 Å². The zero-order valence-corrected chi connectivity index (χ0v) is 13.1. The molecule has 118 valence electrons. The Labute approximate surface area is 131 Å². The van der Waals surface area contributed by atoms with E-state index >= 15 is 0 Å². The summed E-state index contributed by atoms with van der Waals surface area (Å²) in [5, 5.41) is 6.19. The Bertz CT molecular complexity index is 419. The maximum atomic E-state index is 12.1. The van der Waals surface area contributed by atoms with Crippen molar-refractivity contribution in [3.8, 4) is 5.75 Å². The van der Waals surface area contributed by atoms with Crippen LogP contribution in [0.5, 0.6) is 5.75 Å². The van der Waals surface area contributed by atoms with Crippen LogP contribution in [0.15, 0.2) is 24.3 Å². The predicted molar refractivity (Wildman–Crippen MR) is 85.3 cm³/mol. The van der Waals surface area contributed by atoms with Crippen molar-refractivity contribution in [2.75, 3.05) is 38.7 Å². The van der Waals surface area contributed by atoms with Crippen LogP contribution in [0.4, 0.5) is 5.69 Å². The number of hydrogen-bond acceptors (Lipinski definition) is 4. The molecule has 1 aliphatic rings. The molecule has 1 atom stereocenters. The lowest BCUT2D eigenvalue weighted by molar-refractivity contribution is -0.120. The molecule has 1 aromatic carbocycles. The lowest BCUT2D eigenvalue weighted by atomic mass is 9.99. The molecule has 1 saturated heterocycles. The second kappa shape index (κ2) is 9.60. The number of hydrogen-bond donors (Lipinski definition) is 2. The minimum atomic E-state index is 0. The SMILES string of the molecule is COCCOc1ccc(NC(=O)[C@@H]2CCCNC2)cc1.Cl. The maximum absolute atomic E-state index is 12.1. The van der Waals surface area contributed by atoms with E-state index in [0.717, 1.165) is 37.4 Å². The Morgan fingerprint density at radius 1 is 1.33 bits per heavy atom. The van der Waals surface area contributed by atoms with Gasteiger partial charge in [-0.3, -0.25) is 4.79 Å². The molecule has 1 aromatic rings. The highest BCUT2D eigenvalue weighted by Crippen LogP contribution is 2.18. The zero-order chi connectivity index (χ0) is 14.2. The van der Waals surface area contributed by atoms with Crippen LogP contribution in [0.1, 0.15) is 12.8 Å². The third-order valence-electron chi connectivity index (χ3n) is 3.35. The molecular formula is C15H23ClN2O3. The van der Waals surface area contributed by atoms with Crippen LogP contribution in [-0.4, -0.2) is 39.3 Å². The van der Waals surface area contributed by atoms with E-state index in [2.05, 4.69) is 10.6 Å². The molecule has 0 bridgehead atoms. The van der Waals surface area contributed by atoms with Crippen molar-refractivity contribution in [1.82, 2.24) is 5.32 Å². The summed E-state index contributed by atoms with van der Waals surface area (Å²) in [5.74, 6) is 0.936. The quantitative estimate of drug-likeness (QED) is 0.789. The summed E-state index contributed by atoms with van der Waals surface area (Å²) in [6.07, 6.45) is 2.02. The first-order valence-corrected chi connectivity index (χ1v) is 7.03. The van der Waals surface area contributed by atoms with E-state index in [9.17, 15) is 4.79 Å². The molecule has 1 aliphatic heterocycles. The summed E-state index contributed by atoms with van der Waals surface area (Å²) >= 11 is 0. The van der Waals surface area contributed by atoms with E-state index in [1.807, 2.05) is 24.3 Å². The highest BCUT2D eigenvalue weighted by molar-refractivity contribution is 5.92. The Morgan fingerprint density at radius 3 is 2.71 bits per heavy atom. The lowest BCUT2D eigenvalue weighted by Crippen LogP contribution is -2.37. The number of carbonyl (C=O) groups is 1. The van der Waals surface area contributed by atoms with Gasteiger partial charge in [0, 0.05) is 19.3 Å². The summed E-state index contributed by atoms with van der Waals surface area (Å²) < 4.78 is 10.4. The Balaban J connectivity index is 0.00000220. The molecule has 5 nitrogen and oxygen atoms in total. The average Bonchev–Trinajstić information content (AvgIpc) is 2.50. The summed E-state index contributed by atoms with van der Waals surface area (Å²) in [7, 11) is 1.64. The second-order valence-electron chi connectivity index (χ2n) is 4.90. The highest BCUT2D eigenvalue weighted by Gasteiger charge is 2.20. The van der Waals surface area contributed by atoms with Gasteiger partial charge in [-0.15, -0.1) is 12.4 Å². The zero-order valence-electron chi connectivity index (χ0n) is 12.3. The molecule has 6 heteroatoms. The molecule has 0 radical (unpaired) electrons. The third kappa shape index (κ3) is 5.91. The van der Waals surface area contributed by atoms with Gasteiger partial charge in [0.2, 0.25) is 5.91 Å².